The van der Waals surface area contributed by atoms with Gasteiger partial charge in [0.25, 0.3) is 11.8 Å². The summed E-state index contributed by atoms with van der Waals surface area (Å²) in [7, 11) is 1.57. The first-order valence-electron chi connectivity index (χ1n) is 7.89. The van der Waals surface area contributed by atoms with Gasteiger partial charge in [-0.1, -0.05) is 0 Å². The zero-order chi connectivity index (χ0) is 18.1. The van der Waals surface area contributed by atoms with Crippen molar-refractivity contribution < 1.29 is 14.0 Å². The molecule has 3 aromatic heterocycles. The van der Waals surface area contributed by atoms with E-state index in [0.717, 1.165) is 10.9 Å². The van der Waals surface area contributed by atoms with Crippen molar-refractivity contribution in [2.45, 2.75) is 0 Å². The maximum atomic E-state index is 12.4. The van der Waals surface area contributed by atoms with Crippen molar-refractivity contribution in [3.8, 4) is 11.5 Å². The van der Waals surface area contributed by atoms with Gasteiger partial charge in [-0.2, -0.15) is 5.10 Å². The number of hydrogen-bond acceptors (Lipinski definition) is 4. The number of hydrogen-bond donors (Lipinski definition) is 4. The van der Waals surface area contributed by atoms with Crippen LogP contribution in [0, 0.1) is 0 Å². The zero-order valence-corrected chi connectivity index (χ0v) is 13.8. The molecule has 4 N–H and O–H groups in total. The number of carbonyl (C=O) groups is 2. The summed E-state index contributed by atoms with van der Waals surface area (Å²) in [5.74, 6) is 0.0567. The molecule has 0 spiro atoms. The lowest BCUT2D eigenvalue weighted by Gasteiger charge is -2.02. The van der Waals surface area contributed by atoms with E-state index in [2.05, 4.69) is 25.8 Å². The second kappa shape index (κ2) is 6.25. The third-order valence-electron chi connectivity index (χ3n) is 3.95. The number of benzene rings is 1. The standard InChI is InChI=1S/C18H15N5O3/c1-19-17(24)14-8-10-7-11(4-5-12(10)21-14)20-18(25)15-9-13(22-23-15)16-3-2-6-26-16/h2-9,21H,1H3,(H,19,24)(H,20,25)(H,22,23). The number of nitrogens with zero attached hydrogens (tertiary/aromatic N) is 1. The molecule has 3 heterocycles. The molecule has 4 rings (SSSR count). The van der Waals surface area contributed by atoms with Crippen LogP contribution in [0.2, 0.25) is 0 Å². The molecule has 0 aliphatic carbocycles. The van der Waals surface area contributed by atoms with E-state index in [1.807, 2.05) is 0 Å². The van der Waals surface area contributed by atoms with Crippen LogP contribution < -0.4 is 10.6 Å². The van der Waals surface area contributed by atoms with Crippen molar-refractivity contribution in [3.05, 3.63) is 60.1 Å². The Bertz CT molecular complexity index is 1090. The first kappa shape index (κ1) is 15.7. The van der Waals surface area contributed by atoms with Gasteiger partial charge in [0.2, 0.25) is 0 Å². The van der Waals surface area contributed by atoms with Gasteiger partial charge in [0.05, 0.1) is 6.26 Å². The maximum Gasteiger partial charge on any atom is 0.276 e. The Morgan fingerprint density at radius 2 is 2.00 bits per heavy atom. The molecule has 0 saturated heterocycles. The SMILES string of the molecule is CNC(=O)c1cc2cc(NC(=O)c3cc(-c4ccco4)[nH]n3)ccc2[nH]1. The number of furan rings is 1. The van der Waals surface area contributed by atoms with E-state index in [4.69, 9.17) is 4.42 Å². The van der Waals surface area contributed by atoms with Gasteiger partial charge in [0.1, 0.15) is 11.4 Å². The molecule has 1 aromatic carbocycles. The Hall–Kier alpha value is -3.81. The zero-order valence-electron chi connectivity index (χ0n) is 13.8. The summed E-state index contributed by atoms with van der Waals surface area (Å²) in [6.07, 6.45) is 1.55. The number of amides is 2. The molecule has 8 nitrogen and oxygen atoms in total. The molecule has 0 fully saturated rings. The highest BCUT2D eigenvalue weighted by Crippen LogP contribution is 2.22. The number of rotatable bonds is 4. The van der Waals surface area contributed by atoms with Crippen LogP contribution in [0.4, 0.5) is 5.69 Å². The predicted molar refractivity (Wildman–Crippen MR) is 95.9 cm³/mol. The van der Waals surface area contributed by atoms with E-state index in [1.165, 1.54) is 0 Å². The number of H-pyrrole nitrogens is 2. The van der Waals surface area contributed by atoms with Gasteiger partial charge in [-0.05, 0) is 36.4 Å². The van der Waals surface area contributed by atoms with E-state index in [0.29, 0.717) is 22.8 Å². The largest absolute Gasteiger partial charge is 0.463 e. The highest BCUT2D eigenvalue weighted by atomic mass is 16.3. The molecular formula is C18H15N5O3. The maximum absolute atomic E-state index is 12.4. The highest BCUT2D eigenvalue weighted by Gasteiger charge is 2.14. The molecule has 0 radical (unpaired) electrons. The van der Waals surface area contributed by atoms with Crippen molar-refractivity contribution >= 4 is 28.4 Å². The summed E-state index contributed by atoms with van der Waals surface area (Å²) in [6, 6.07) is 12.2. The van der Waals surface area contributed by atoms with Crippen molar-refractivity contribution in [2.24, 2.45) is 0 Å². The average Bonchev–Trinajstić information content (AvgIpc) is 3.39. The third kappa shape index (κ3) is 2.84. The molecule has 0 saturated carbocycles. The van der Waals surface area contributed by atoms with Crippen LogP contribution >= 0.6 is 0 Å². The summed E-state index contributed by atoms with van der Waals surface area (Å²) in [5.41, 5.74) is 2.74. The fourth-order valence-corrected chi connectivity index (χ4v) is 2.66. The van der Waals surface area contributed by atoms with Crippen LogP contribution in [0.1, 0.15) is 21.0 Å². The summed E-state index contributed by atoms with van der Waals surface area (Å²) in [4.78, 5) is 27.1. The minimum atomic E-state index is -0.347. The van der Waals surface area contributed by atoms with E-state index in [-0.39, 0.29) is 17.5 Å². The molecular weight excluding hydrogens is 334 g/mol. The highest BCUT2D eigenvalue weighted by molar-refractivity contribution is 6.05. The fourth-order valence-electron chi connectivity index (χ4n) is 2.66. The van der Waals surface area contributed by atoms with Crippen molar-refractivity contribution in [1.82, 2.24) is 20.5 Å². The van der Waals surface area contributed by atoms with Crippen LogP contribution in [0.25, 0.3) is 22.4 Å². The summed E-state index contributed by atoms with van der Waals surface area (Å²) < 4.78 is 5.27. The second-order valence-electron chi connectivity index (χ2n) is 5.66. The molecule has 8 heteroatoms. The Kier molecular flexibility index (Phi) is 3.77. The smallest absolute Gasteiger partial charge is 0.276 e. The number of nitrogens with one attached hydrogen (secondary N) is 4. The van der Waals surface area contributed by atoms with E-state index in [9.17, 15) is 9.59 Å². The summed E-state index contributed by atoms with van der Waals surface area (Å²) in [5, 5.41) is 13.0. The summed E-state index contributed by atoms with van der Waals surface area (Å²) >= 11 is 0. The third-order valence-corrected chi connectivity index (χ3v) is 3.95. The molecule has 26 heavy (non-hydrogen) atoms. The van der Waals surface area contributed by atoms with Gasteiger partial charge in [0, 0.05) is 29.7 Å². The van der Waals surface area contributed by atoms with Crippen molar-refractivity contribution in [1.29, 1.82) is 0 Å². The minimum absolute atomic E-state index is 0.200. The quantitative estimate of drug-likeness (QED) is 0.453. The summed E-state index contributed by atoms with van der Waals surface area (Å²) in [6.45, 7) is 0. The van der Waals surface area contributed by atoms with E-state index >= 15 is 0 Å². The Balaban J connectivity index is 1.55. The van der Waals surface area contributed by atoms with E-state index in [1.54, 1.807) is 55.8 Å². The first-order chi connectivity index (χ1) is 12.6. The second-order valence-corrected chi connectivity index (χ2v) is 5.66. The molecule has 0 aliphatic rings. The number of fused-ring (bicyclic) bond motifs is 1. The molecule has 130 valence electrons. The lowest BCUT2D eigenvalue weighted by atomic mass is 10.2. The van der Waals surface area contributed by atoms with Gasteiger partial charge in [-0.3, -0.25) is 14.7 Å². The molecule has 0 atom stereocenters. The average molecular weight is 349 g/mol. The van der Waals surface area contributed by atoms with Gasteiger partial charge in [0.15, 0.2) is 11.5 Å². The Morgan fingerprint density at radius 3 is 2.77 bits per heavy atom. The first-order valence-corrected chi connectivity index (χ1v) is 7.89. The van der Waals surface area contributed by atoms with Crippen LogP contribution in [0.3, 0.4) is 0 Å². The molecule has 0 bridgehead atoms. The van der Waals surface area contributed by atoms with E-state index < -0.39 is 0 Å². The monoisotopic (exact) mass is 349 g/mol. The molecule has 0 aliphatic heterocycles. The van der Waals surface area contributed by atoms with Crippen LogP contribution in [0.15, 0.2) is 53.1 Å². The molecule has 4 aromatic rings. The topological polar surface area (TPSA) is 116 Å². The number of aromatic amines is 2. The molecule has 2 amide bonds. The number of anilines is 1. The van der Waals surface area contributed by atoms with Crippen LogP contribution in [0.5, 0.6) is 0 Å². The Labute approximate surface area is 147 Å². The predicted octanol–water partition coefficient (Wildman–Crippen LogP) is 2.76. The van der Waals surface area contributed by atoms with Gasteiger partial charge < -0.3 is 20.0 Å². The van der Waals surface area contributed by atoms with Crippen LogP contribution in [-0.4, -0.2) is 34.0 Å². The number of aromatic nitrogens is 3. The van der Waals surface area contributed by atoms with Crippen molar-refractivity contribution in [2.75, 3.05) is 12.4 Å². The lowest BCUT2D eigenvalue weighted by molar-refractivity contribution is 0.0958. The lowest BCUT2D eigenvalue weighted by Crippen LogP contribution is -2.17. The van der Waals surface area contributed by atoms with Crippen LogP contribution in [-0.2, 0) is 0 Å². The number of carbonyl (C=O) groups excluding carboxylic acids is 2. The molecule has 0 unspecified atom stereocenters. The Morgan fingerprint density at radius 1 is 1.12 bits per heavy atom. The van der Waals surface area contributed by atoms with Crippen molar-refractivity contribution in [3.63, 3.8) is 0 Å². The minimum Gasteiger partial charge on any atom is -0.463 e. The fraction of sp³-hybridized carbons (Fsp3) is 0.0556. The van der Waals surface area contributed by atoms with Gasteiger partial charge >= 0.3 is 0 Å². The van der Waals surface area contributed by atoms with Gasteiger partial charge in [-0.25, -0.2) is 0 Å². The normalized spacial score (nSPS) is 10.8. The van der Waals surface area contributed by atoms with Gasteiger partial charge in [-0.15, -0.1) is 0 Å².